The minimum absolute atomic E-state index is 0.0122. The minimum atomic E-state index is -1.41. The van der Waals surface area contributed by atoms with E-state index in [1.165, 1.54) is 126 Å². The zero-order valence-corrected chi connectivity index (χ0v) is 54.0. The number of hydrogen-bond donors (Lipinski definition) is 2. The Morgan fingerprint density at radius 3 is 0.873 bits per heavy atom. The number of benzene rings is 2. The molecule has 0 aliphatic heterocycles. The van der Waals surface area contributed by atoms with E-state index in [2.05, 4.69) is 13.8 Å². The number of phenols is 2. The van der Waals surface area contributed by atoms with Gasteiger partial charge in [0, 0.05) is 12.8 Å². The number of hydrogen-bond acceptors (Lipinski definition) is 12. The first-order chi connectivity index (χ1) is 37.1. The summed E-state index contributed by atoms with van der Waals surface area (Å²) >= 11 is 3.04. The Hall–Kier alpha value is -3.38. The van der Waals surface area contributed by atoms with E-state index < -0.39 is 29.3 Å². The maximum Gasteiger partial charge on any atom is 0.315 e. The second kappa shape index (κ2) is 37.0. The Morgan fingerprint density at radius 2 is 0.620 bits per heavy atom. The van der Waals surface area contributed by atoms with Gasteiger partial charge >= 0.3 is 23.9 Å². The van der Waals surface area contributed by atoms with Crippen molar-refractivity contribution >= 4 is 47.4 Å². The SMILES string of the molecule is CCCCCCCCCCCCSCC(=O)OCC(COC(=O)CCc1cc(C(C)(C)C)c(O)c(C(C)(C)C)c1)(COC(=O)CCc1cc(C(C)(C)C)c(O)c(C(C)(C)C)c1)COC(=O)CSCCCCCCCCCCCC. The molecule has 0 aromatic heterocycles. The van der Waals surface area contributed by atoms with Crippen molar-refractivity contribution in [3.63, 3.8) is 0 Å². The van der Waals surface area contributed by atoms with Crippen LogP contribution in [0.25, 0.3) is 0 Å². The molecule has 2 aromatic carbocycles. The molecule has 0 spiro atoms. The van der Waals surface area contributed by atoms with E-state index >= 15 is 0 Å². The van der Waals surface area contributed by atoms with Gasteiger partial charge in [-0.1, -0.05) is 237 Å². The summed E-state index contributed by atoms with van der Waals surface area (Å²) in [5.41, 5.74) is 2.15. The number of rotatable bonds is 40. The van der Waals surface area contributed by atoms with Crippen LogP contribution in [0, 0.1) is 5.41 Å². The van der Waals surface area contributed by atoms with Crippen LogP contribution in [-0.2, 0) is 72.6 Å². The van der Waals surface area contributed by atoms with Crippen LogP contribution >= 0.6 is 23.5 Å². The summed E-state index contributed by atoms with van der Waals surface area (Å²) in [4.78, 5) is 54.6. The lowest BCUT2D eigenvalue weighted by Gasteiger charge is -2.31. The van der Waals surface area contributed by atoms with Gasteiger partial charge in [-0.15, -0.1) is 0 Å². The molecule has 0 heterocycles. The van der Waals surface area contributed by atoms with Crippen molar-refractivity contribution in [2.45, 2.75) is 273 Å². The van der Waals surface area contributed by atoms with Crippen LogP contribution in [0.3, 0.4) is 0 Å². The van der Waals surface area contributed by atoms with Crippen LogP contribution in [0.15, 0.2) is 24.3 Å². The van der Waals surface area contributed by atoms with Gasteiger partial charge in [-0.05, 0) is 92.2 Å². The monoisotopic (exact) mass is 1140 g/mol. The van der Waals surface area contributed by atoms with Gasteiger partial charge in [-0.2, -0.15) is 23.5 Å². The van der Waals surface area contributed by atoms with Crippen LogP contribution in [0.4, 0.5) is 0 Å². The molecule has 2 rings (SSSR count). The minimum Gasteiger partial charge on any atom is -0.507 e. The molecular formula is C67H112O10S2. The fourth-order valence-corrected chi connectivity index (χ4v) is 11.2. The largest absolute Gasteiger partial charge is 0.507 e. The molecule has 0 saturated heterocycles. The van der Waals surface area contributed by atoms with Crippen molar-refractivity contribution < 1.29 is 48.3 Å². The average Bonchev–Trinajstić information content (AvgIpc) is 3.37. The zero-order chi connectivity index (χ0) is 59.1. The smallest absolute Gasteiger partial charge is 0.315 e. The second-order valence-corrected chi connectivity index (χ2v) is 28.9. The van der Waals surface area contributed by atoms with Gasteiger partial charge < -0.3 is 29.2 Å². The number of aromatic hydroxyl groups is 2. The molecule has 12 heteroatoms. The van der Waals surface area contributed by atoms with Gasteiger partial charge in [0.25, 0.3) is 0 Å². The molecule has 0 amide bonds. The number of carbonyl (C=O) groups is 4. The van der Waals surface area contributed by atoms with Crippen LogP contribution in [0.5, 0.6) is 11.5 Å². The molecule has 2 N–H and O–H groups in total. The van der Waals surface area contributed by atoms with Crippen LogP contribution in [-0.4, -0.2) is 83.5 Å². The van der Waals surface area contributed by atoms with Crippen molar-refractivity contribution in [1.29, 1.82) is 0 Å². The van der Waals surface area contributed by atoms with E-state index in [9.17, 15) is 29.4 Å². The molecule has 0 aliphatic carbocycles. The summed E-state index contributed by atoms with van der Waals surface area (Å²) < 4.78 is 24.0. The topological polar surface area (TPSA) is 146 Å². The molecule has 0 bridgehead atoms. The van der Waals surface area contributed by atoms with Gasteiger partial charge in [-0.25, -0.2) is 0 Å². The number of phenolic OH excluding ortho intramolecular Hbond substituents is 2. The van der Waals surface area contributed by atoms with Crippen molar-refractivity contribution in [3.8, 4) is 11.5 Å². The highest BCUT2D eigenvalue weighted by Gasteiger charge is 2.38. The summed E-state index contributed by atoms with van der Waals surface area (Å²) in [6.45, 7) is 27.8. The Morgan fingerprint density at radius 1 is 0.380 bits per heavy atom. The molecular weight excluding hydrogens is 1030 g/mol. The summed E-state index contributed by atoms with van der Waals surface area (Å²) in [5.74, 6) is 0.476. The fraction of sp³-hybridized carbons (Fsp3) is 0.761. The summed E-state index contributed by atoms with van der Waals surface area (Å²) in [7, 11) is 0. The molecule has 0 atom stereocenters. The lowest BCUT2D eigenvalue weighted by Crippen LogP contribution is -2.44. The summed E-state index contributed by atoms with van der Waals surface area (Å²) in [5, 5.41) is 22.7. The van der Waals surface area contributed by atoms with Crippen LogP contribution in [0.2, 0.25) is 0 Å². The van der Waals surface area contributed by atoms with E-state index in [0.717, 1.165) is 70.6 Å². The van der Waals surface area contributed by atoms with E-state index in [4.69, 9.17) is 18.9 Å². The normalized spacial score (nSPS) is 12.4. The number of esters is 4. The Kier molecular flexibility index (Phi) is 33.5. The average molecular weight is 1140 g/mol. The maximum atomic E-state index is 13.8. The third kappa shape index (κ3) is 30.0. The molecule has 0 aliphatic rings. The van der Waals surface area contributed by atoms with E-state index in [-0.39, 0.29) is 83.9 Å². The molecule has 0 saturated carbocycles. The van der Waals surface area contributed by atoms with Crippen molar-refractivity contribution in [3.05, 3.63) is 57.6 Å². The Labute approximate surface area is 489 Å². The second-order valence-electron chi connectivity index (χ2n) is 26.7. The molecule has 452 valence electrons. The Bertz CT molecular complexity index is 1870. The lowest BCUT2D eigenvalue weighted by molar-refractivity contribution is -0.169. The Balaban J connectivity index is 2.34. The van der Waals surface area contributed by atoms with Gasteiger partial charge in [0.15, 0.2) is 0 Å². The van der Waals surface area contributed by atoms with E-state index in [0.29, 0.717) is 12.8 Å². The van der Waals surface area contributed by atoms with E-state index in [1.807, 2.05) is 107 Å². The highest BCUT2D eigenvalue weighted by Crippen LogP contribution is 2.42. The molecule has 2 aromatic rings. The zero-order valence-electron chi connectivity index (χ0n) is 52.4. The third-order valence-electron chi connectivity index (χ3n) is 14.7. The first-order valence-corrected chi connectivity index (χ1v) is 33.0. The number of aryl methyl sites for hydroxylation is 2. The standard InChI is InChI=1S/C67H112O10S2/c1-15-17-19-21-23-25-27-29-31-33-39-78-45-59(70)76-49-67(50-77-60(71)46-79-40-34-32-30-28-26-24-22-20-18-16-2,47-74-57(68)37-35-51-41-53(63(3,4)5)61(72)54(42-51)64(6,7)8)48-75-58(69)38-36-52-43-55(65(9,10)11)62(73)56(44-52)66(12,13)14/h41-44,72-73H,15-40,45-50H2,1-14H3. The highest BCUT2D eigenvalue weighted by atomic mass is 32.2. The summed E-state index contributed by atoms with van der Waals surface area (Å²) in [6.07, 6.45) is 25.4. The predicted octanol–water partition coefficient (Wildman–Crippen LogP) is 17.3. The van der Waals surface area contributed by atoms with Gasteiger partial charge in [-0.3, -0.25) is 19.2 Å². The van der Waals surface area contributed by atoms with Crippen LogP contribution in [0.1, 0.15) is 272 Å². The number of unbranched alkanes of at least 4 members (excludes halogenated alkanes) is 18. The molecule has 79 heavy (non-hydrogen) atoms. The first-order valence-electron chi connectivity index (χ1n) is 30.6. The molecule has 0 radical (unpaired) electrons. The quantitative estimate of drug-likeness (QED) is 0.0372. The molecule has 10 nitrogen and oxygen atoms in total. The molecule has 0 fully saturated rings. The first kappa shape index (κ1) is 71.7. The molecule has 0 unspecified atom stereocenters. The number of carbonyl (C=O) groups excluding carboxylic acids is 4. The summed E-state index contributed by atoms with van der Waals surface area (Å²) in [6, 6.07) is 7.82. The van der Waals surface area contributed by atoms with Crippen LogP contribution < -0.4 is 0 Å². The predicted molar refractivity (Wildman–Crippen MR) is 332 cm³/mol. The van der Waals surface area contributed by atoms with E-state index in [1.54, 1.807) is 0 Å². The van der Waals surface area contributed by atoms with Gasteiger partial charge in [0.2, 0.25) is 0 Å². The van der Waals surface area contributed by atoms with Crippen molar-refractivity contribution in [1.82, 2.24) is 0 Å². The number of ether oxygens (including phenoxy) is 4. The van der Waals surface area contributed by atoms with Gasteiger partial charge in [0.05, 0.1) is 11.5 Å². The van der Waals surface area contributed by atoms with Crippen molar-refractivity contribution in [2.75, 3.05) is 49.4 Å². The highest BCUT2D eigenvalue weighted by molar-refractivity contribution is 8.00. The maximum absolute atomic E-state index is 13.8. The third-order valence-corrected chi connectivity index (χ3v) is 16.7. The van der Waals surface area contributed by atoms with Gasteiger partial charge in [0.1, 0.15) is 43.3 Å². The van der Waals surface area contributed by atoms with Crippen molar-refractivity contribution in [2.24, 2.45) is 5.41 Å². The fourth-order valence-electron chi connectivity index (χ4n) is 9.56. The lowest BCUT2D eigenvalue weighted by atomic mass is 9.78. The number of thioether (sulfide) groups is 2.